The highest BCUT2D eigenvalue weighted by Gasteiger charge is 2.39. The summed E-state index contributed by atoms with van der Waals surface area (Å²) in [5.74, 6) is 0. The number of benzene rings is 1. The zero-order chi connectivity index (χ0) is 12.7. The number of hydrogen-bond acceptors (Lipinski definition) is 1. The van der Waals surface area contributed by atoms with Gasteiger partial charge in [-0.15, -0.1) is 0 Å². The van der Waals surface area contributed by atoms with E-state index in [1.165, 1.54) is 31.2 Å². The minimum Gasteiger partial charge on any atom is -0.293 e. The molecule has 3 rings (SSSR count). The molecule has 4 heteroatoms. The molecule has 18 heavy (non-hydrogen) atoms. The molecule has 2 atom stereocenters. The summed E-state index contributed by atoms with van der Waals surface area (Å²) in [6.07, 6.45) is 5.19. The molecule has 98 valence electrons. The maximum atomic E-state index is 6.27. The number of alkyl halides is 1. The molecule has 0 aromatic heterocycles. The van der Waals surface area contributed by atoms with Crippen LogP contribution in [0.1, 0.15) is 31.2 Å². The van der Waals surface area contributed by atoms with Gasteiger partial charge in [0, 0.05) is 33.5 Å². The highest BCUT2D eigenvalue weighted by molar-refractivity contribution is 9.09. The Morgan fingerprint density at radius 1 is 1.17 bits per heavy atom. The SMILES string of the molecule is Clc1ccc(CN2C3CCC2CC(Br)C3)c(Cl)c1. The smallest absolute Gasteiger partial charge is 0.0465 e. The van der Waals surface area contributed by atoms with E-state index in [1.54, 1.807) is 0 Å². The molecule has 0 amide bonds. The average molecular weight is 349 g/mol. The molecule has 0 N–H and O–H groups in total. The number of halogens is 3. The van der Waals surface area contributed by atoms with Crippen LogP contribution < -0.4 is 0 Å². The van der Waals surface area contributed by atoms with Crippen LogP contribution in [0, 0.1) is 0 Å². The average Bonchev–Trinajstić information content (AvgIpc) is 2.56. The van der Waals surface area contributed by atoms with Crippen LogP contribution >= 0.6 is 39.1 Å². The molecular formula is C14H16BrCl2N. The Hall–Kier alpha value is 0.240. The zero-order valence-corrected chi connectivity index (χ0v) is 13.2. The van der Waals surface area contributed by atoms with Gasteiger partial charge >= 0.3 is 0 Å². The summed E-state index contributed by atoms with van der Waals surface area (Å²) in [7, 11) is 0. The van der Waals surface area contributed by atoms with Gasteiger partial charge < -0.3 is 0 Å². The summed E-state index contributed by atoms with van der Waals surface area (Å²) >= 11 is 16.0. The van der Waals surface area contributed by atoms with Crippen LogP contribution in [0.5, 0.6) is 0 Å². The zero-order valence-electron chi connectivity index (χ0n) is 10.1. The van der Waals surface area contributed by atoms with Crippen molar-refractivity contribution in [3.05, 3.63) is 33.8 Å². The first-order chi connectivity index (χ1) is 8.63. The lowest BCUT2D eigenvalue weighted by Gasteiger charge is -2.37. The van der Waals surface area contributed by atoms with E-state index in [4.69, 9.17) is 23.2 Å². The van der Waals surface area contributed by atoms with Crippen molar-refractivity contribution in [3.8, 4) is 0 Å². The molecule has 1 aromatic rings. The highest BCUT2D eigenvalue weighted by atomic mass is 79.9. The third-order valence-corrected chi connectivity index (χ3v) is 5.53. The molecule has 0 radical (unpaired) electrons. The Morgan fingerprint density at radius 2 is 1.83 bits per heavy atom. The van der Waals surface area contributed by atoms with Crippen molar-refractivity contribution in [2.75, 3.05) is 0 Å². The Labute approximate surface area is 127 Å². The summed E-state index contributed by atoms with van der Waals surface area (Å²) in [5.41, 5.74) is 1.20. The van der Waals surface area contributed by atoms with Crippen LogP contribution in [-0.2, 0) is 6.54 Å². The largest absolute Gasteiger partial charge is 0.293 e. The van der Waals surface area contributed by atoms with Gasteiger partial charge in [-0.2, -0.15) is 0 Å². The van der Waals surface area contributed by atoms with Crippen LogP contribution in [0.25, 0.3) is 0 Å². The molecule has 1 nitrogen and oxygen atoms in total. The summed E-state index contributed by atoms with van der Waals surface area (Å²) in [5, 5.41) is 1.51. The fourth-order valence-electron chi connectivity index (χ4n) is 3.31. The third-order valence-electron chi connectivity index (χ3n) is 4.19. The van der Waals surface area contributed by atoms with Crippen molar-refractivity contribution in [3.63, 3.8) is 0 Å². The predicted molar refractivity (Wildman–Crippen MR) is 80.8 cm³/mol. The molecule has 2 unspecified atom stereocenters. The Balaban J connectivity index is 1.77. The number of fused-ring (bicyclic) bond motifs is 2. The second-order valence-electron chi connectivity index (χ2n) is 5.36. The van der Waals surface area contributed by atoms with Crippen LogP contribution in [0.3, 0.4) is 0 Å². The van der Waals surface area contributed by atoms with Gasteiger partial charge in [0.2, 0.25) is 0 Å². The van der Waals surface area contributed by atoms with Crippen LogP contribution in [0.2, 0.25) is 10.0 Å². The van der Waals surface area contributed by atoms with Gasteiger partial charge in [0.15, 0.2) is 0 Å². The van der Waals surface area contributed by atoms with Gasteiger partial charge in [-0.05, 0) is 43.4 Å². The molecule has 2 fully saturated rings. The second-order valence-corrected chi connectivity index (χ2v) is 7.50. The molecule has 1 aromatic carbocycles. The van der Waals surface area contributed by atoms with E-state index in [1.807, 2.05) is 12.1 Å². The molecule has 2 aliphatic rings. The van der Waals surface area contributed by atoms with E-state index >= 15 is 0 Å². The molecule has 0 saturated carbocycles. The summed E-state index contributed by atoms with van der Waals surface area (Å²) < 4.78 is 0. The van der Waals surface area contributed by atoms with Crippen molar-refractivity contribution in [1.82, 2.24) is 4.90 Å². The number of nitrogens with zero attached hydrogens (tertiary/aromatic N) is 1. The Bertz CT molecular complexity index is 437. The highest BCUT2D eigenvalue weighted by Crippen LogP contribution is 2.39. The van der Waals surface area contributed by atoms with Gasteiger partial charge in [0.25, 0.3) is 0 Å². The minimum absolute atomic E-state index is 0.701. The normalized spacial score (nSPS) is 31.8. The monoisotopic (exact) mass is 347 g/mol. The molecular weight excluding hydrogens is 333 g/mol. The van der Waals surface area contributed by atoms with Crippen molar-refractivity contribution < 1.29 is 0 Å². The lowest BCUT2D eigenvalue weighted by molar-refractivity contribution is 0.137. The first-order valence-corrected chi connectivity index (χ1v) is 8.14. The fraction of sp³-hybridized carbons (Fsp3) is 0.571. The van der Waals surface area contributed by atoms with E-state index in [9.17, 15) is 0 Å². The predicted octanol–water partition coefficient (Wildman–Crippen LogP) is 4.88. The number of piperidine rings is 1. The first kappa shape index (κ1) is 13.2. The maximum absolute atomic E-state index is 6.27. The summed E-state index contributed by atoms with van der Waals surface area (Å²) in [4.78, 5) is 3.33. The van der Waals surface area contributed by atoms with Crippen LogP contribution in [0.4, 0.5) is 0 Å². The van der Waals surface area contributed by atoms with Gasteiger partial charge in [0.05, 0.1) is 0 Å². The van der Waals surface area contributed by atoms with E-state index in [0.717, 1.165) is 23.7 Å². The number of rotatable bonds is 2. The Morgan fingerprint density at radius 3 is 2.44 bits per heavy atom. The maximum Gasteiger partial charge on any atom is 0.0465 e. The van der Waals surface area contributed by atoms with Crippen LogP contribution in [0.15, 0.2) is 18.2 Å². The molecule has 2 saturated heterocycles. The molecule has 0 aliphatic carbocycles. The Kier molecular flexibility index (Phi) is 3.91. The number of hydrogen-bond donors (Lipinski definition) is 0. The van der Waals surface area contributed by atoms with Crippen molar-refractivity contribution in [1.29, 1.82) is 0 Å². The van der Waals surface area contributed by atoms with Gasteiger partial charge in [0.1, 0.15) is 0 Å². The van der Waals surface area contributed by atoms with Gasteiger partial charge in [-0.1, -0.05) is 45.2 Å². The van der Waals surface area contributed by atoms with Crippen molar-refractivity contribution in [2.45, 2.75) is 49.1 Å². The summed E-state index contributed by atoms with van der Waals surface area (Å²) in [6, 6.07) is 7.28. The molecule has 2 heterocycles. The second kappa shape index (κ2) is 5.32. The third kappa shape index (κ3) is 2.58. The van der Waals surface area contributed by atoms with E-state index in [0.29, 0.717) is 9.85 Å². The molecule has 0 spiro atoms. The molecule has 2 bridgehead atoms. The van der Waals surface area contributed by atoms with Gasteiger partial charge in [-0.25, -0.2) is 0 Å². The quantitative estimate of drug-likeness (QED) is 0.688. The standard InChI is InChI=1S/C14H16BrCl2N/c15-10-5-12-3-4-13(6-10)18(12)8-9-1-2-11(16)7-14(9)17/h1-2,7,10,12-13H,3-6,8H2. The van der Waals surface area contributed by atoms with E-state index in [-0.39, 0.29) is 0 Å². The van der Waals surface area contributed by atoms with Gasteiger partial charge in [-0.3, -0.25) is 4.90 Å². The lowest BCUT2D eigenvalue weighted by Crippen LogP contribution is -2.42. The first-order valence-electron chi connectivity index (χ1n) is 6.47. The van der Waals surface area contributed by atoms with E-state index in [2.05, 4.69) is 26.9 Å². The van der Waals surface area contributed by atoms with Crippen molar-refractivity contribution in [2.24, 2.45) is 0 Å². The summed E-state index contributed by atoms with van der Waals surface area (Å²) in [6.45, 7) is 0.963. The lowest BCUT2D eigenvalue weighted by atomic mass is 10.0. The van der Waals surface area contributed by atoms with Crippen LogP contribution in [-0.4, -0.2) is 21.8 Å². The topological polar surface area (TPSA) is 3.24 Å². The minimum atomic E-state index is 0.701. The van der Waals surface area contributed by atoms with E-state index < -0.39 is 0 Å². The van der Waals surface area contributed by atoms with Crippen molar-refractivity contribution >= 4 is 39.1 Å². The molecule has 2 aliphatic heterocycles. The fourth-order valence-corrected chi connectivity index (χ4v) is 4.64.